The highest BCUT2D eigenvalue weighted by Gasteiger charge is 2.35. The summed E-state index contributed by atoms with van der Waals surface area (Å²) in [5.41, 5.74) is 0. The molecule has 2 bridgehead atoms. The molecule has 2 heterocycles. The monoisotopic (exact) mass is 208 g/mol. The maximum absolute atomic E-state index is 3.78. The molecule has 3 fully saturated rings. The summed E-state index contributed by atoms with van der Waals surface area (Å²) >= 11 is 0. The normalized spacial score (nSPS) is 47.0. The molecule has 86 valence electrons. The van der Waals surface area contributed by atoms with Crippen LogP contribution in [0.3, 0.4) is 0 Å². The van der Waals surface area contributed by atoms with Gasteiger partial charge in [0.05, 0.1) is 0 Å². The maximum Gasteiger partial charge on any atom is 0.0198 e. The van der Waals surface area contributed by atoms with Crippen LogP contribution in [0.25, 0.3) is 0 Å². The van der Waals surface area contributed by atoms with Gasteiger partial charge < -0.3 is 5.32 Å². The van der Waals surface area contributed by atoms with Crippen molar-refractivity contribution in [3.63, 3.8) is 0 Å². The van der Waals surface area contributed by atoms with Crippen LogP contribution >= 0.6 is 0 Å². The number of nitrogens with one attached hydrogen (secondary N) is 1. The van der Waals surface area contributed by atoms with Gasteiger partial charge >= 0.3 is 0 Å². The minimum Gasteiger partial charge on any atom is -0.310 e. The summed E-state index contributed by atoms with van der Waals surface area (Å²) in [6, 6.07) is 2.56. The average Bonchev–Trinajstić information content (AvgIpc) is 2.74. The molecule has 2 heteroatoms. The van der Waals surface area contributed by atoms with Crippen LogP contribution in [0.1, 0.15) is 45.4 Å². The Labute approximate surface area is 93.4 Å². The van der Waals surface area contributed by atoms with Gasteiger partial charge in [0, 0.05) is 24.7 Å². The summed E-state index contributed by atoms with van der Waals surface area (Å²) in [5.74, 6) is 0.946. The quantitative estimate of drug-likeness (QED) is 0.709. The van der Waals surface area contributed by atoms with Crippen molar-refractivity contribution in [1.82, 2.24) is 10.2 Å². The maximum atomic E-state index is 3.78. The van der Waals surface area contributed by atoms with Crippen molar-refractivity contribution in [2.75, 3.05) is 13.1 Å². The highest BCUT2D eigenvalue weighted by Crippen LogP contribution is 2.32. The molecule has 0 aromatic rings. The van der Waals surface area contributed by atoms with Gasteiger partial charge in [-0.25, -0.2) is 0 Å². The van der Waals surface area contributed by atoms with Gasteiger partial charge in [-0.2, -0.15) is 0 Å². The fourth-order valence-electron chi connectivity index (χ4n) is 3.94. The third kappa shape index (κ3) is 1.94. The van der Waals surface area contributed by atoms with E-state index >= 15 is 0 Å². The third-order valence-corrected chi connectivity index (χ3v) is 4.84. The van der Waals surface area contributed by atoms with Gasteiger partial charge in [0.1, 0.15) is 0 Å². The molecule has 1 saturated carbocycles. The molecule has 1 aliphatic carbocycles. The van der Waals surface area contributed by atoms with Crippen LogP contribution in [0, 0.1) is 5.92 Å². The summed E-state index contributed by atoms with van der Waals surface area (Å²) in [4.78, 5) is 2.80. The topological polar surface area (TPSA) is 15.3 Å². The van der Waals surface area contributed by atoms with E-state index in [-0.39, 0.29) is 0 Å². The van der Waals surface area contributed by atoms with E-state index in [0.29, 0.717) is 0 Å². The van der Waals surface area contributed by atoms with Crippen molar-refractivity contribution in [3.05, 3.63) is 0 Å². The molecule has 4 unspecified atom stereocenters. The van der Waals surface area contributed by atoms with Crippen LogP contribution in [0.2, 0.25) is 0 Å². The van der Waals surface area contributed by atoms with E-state index in [0.717, 1.165) is 24.0 Å². The minimum atomic E-state index is 0.810. The van der Waals surface area contributed by atoms with Crippen LogP contribution in [0.15, 0.2) is 0 Å². The Hall–Kier alpha value is -0.0800. The Morgan fingerprint density at radius 1 is 1.00 bits per heavy atom. The molecule has 2 saturated heterocycles. The first-order valence-electron chi connectivity index (χ1n) is 6.83. The van der Waals surface area contributed by atoms with Gasteiger partial charge in [-0.05, 0) is 44.6 Å². The van der Waals surface area contributed by atoms with Crippen LogP contribution in [0.5, 0.6) is 0 Å². The number of nitrogens with zero attached hydrogens (tertiary/aromatic N) is 1. The molecule has 1 N–H and O–H groups in total. The summed E-state index contributed by atoms with van der Waals surface area (Å²) in [6.45, 7) is 5.13. The molecule has 3 aliphatic rings. The van der Waals surface area contributed by atoms with E-state index in [1.54, 1.807) is 0 Å². The predicted molar refractivity (Wildman–Crippen MR) is 62.9 cm³/mol. The van der Waals surface area contributed by atoms with Gasteiger partial charge in [-0.1, -0.05) is 13.3 Å². The first kappa shape index (κ1) is 10.1. The highest BCUT2D eigenvalue weighted by atomic mass is 15.2. The lowest BCUT2D eigenvalue weighted by molar-refractivity contribution is 0.158. The van der Waals surface area contributed by atoms with E-state index in [2.05, 4.69) is 17.1 Å². The average molecular weight is 208 g/mol. The smallest absolute Gasteiger partial charge is 0.0198 e. The van der Waals surface area contributed by atoms with Gasteiger partial charge in [0.25, 0.3) is 0 Å². The fourth-order valence-corrected chi connectivity index (χ4v) is 3.94. The lowest BCUT2D eigenvalue weighted by atomic mass is 10.0. The van der Waals surface area contributed by atoms with E-state index in [4.69, 9.17) is 0 Å². The predicted octanol–water partition coefficient (Wildman–Crippen LogP) is 2.00. The molecular weight excluding hydrogens is 184 g/mol. The standard InChI is InChI=1S/C13H24N2/c1-10-3-2-4-13(10)15-8-7-11-5-6-12(9-15)14-11/h10-14H,2-9H2,1H3. The highest BCUT2D eigenvalue weighted by molar-refractivity contribution is 4.93. The Morgan fingerprint density at radius 2 is 1.87 bits per heavy atom. The molecule has 15 heavy (non-hydrogen) atoms. The summed E-state index contributed by atoms with van der Waals surface area (Å²) in [6.07, 6.45) is 8.62. The zero-order chi connectivity index (χ0) is 10.3. The second-order valence-corrected chi connectivity index (χ2v) is 5.90. The molecule has 0 aromatic carbocycles. The van der Waals surface area contributed by atoms with Crippen molar-refractivity contribution in [2.24, 2.45) is 5.92 Å². The van der Waals surface area contributed by atoms with E-state index in [1.165, 1.54) is 51.6 Å². The van der Waals surface area contributed by atoms with Crippen LogP contribution in [0.4, 0.5) is 0 Å². The second-order valence-electron chi connectivity index (χ2n) is 5.90. The zero-order valence-corrected chi connectivity index (χ0v) is 9.91. The Kier molecular flexibility index (Phi) is 2.73. The second kappa shape index (κ2) is 4.06. The first-order valence-corrected chi connectivity index (χ1v) is 6.83. The van der Waals surface area contributed by atoms with Gasteiger partial charge in [0.2, 0.25) is 0 Å². The number of hydrogen-bond acceptors (Lipinski definition) is 2. The van der Waals surface area contributed by atoms with Crippen molar-refractivity contribution in [2.45, 2.75) is 63.6 Å². The molecule has 2 nitrogen and oxygen atoms in total. The summed E-state index contributed by atoms with van der Waals surface area (Å²) in [7, 11) is 0. The lowest BCUT2D eigenvalue weighted by Crippen LogP contribution is -2.42. The SMILES string of the molecule is CC1CCCC1N1CCC2CCC(C1)N2. The molecule has 0 amide bonds. The first-order chi connectivity index (χ1) is 7.33. The molecule has 0 spiro atoms. The van der Waals surface area contributed by atoms with E-state index in [9.17, 15) is 0 Å². The third-order valence-electron chi connectivity index (χ3n) is 4.84. The van der Waals surface area contributed by atoms with Gasteiger partial charge in [0.15, 0.2) is 0 Å². The molecule has 3 rings (SSSR count). The zero-order valence-electron chi connectivity index (χ0n) is 9.91. The van der Waals surface area contributed by atoms with Crippen molar-refractivity contribution >= 4 is 0 Å². The molecule has 0 radical (unpaired) electrons. The molecule has 0 aromatic heterocycles. The van der Waals surface area contributed by atoms with Crippen LogP contribution < -0.4 is 5.32 Å². The molecular formula is C13H24N2. The van der Waals surface area contributed by atoms with E-state index in [1.807, 2.05) is 0 Å². The van der Waals surface area contributed by atoms with Crippen LogP contribution in [-0.4, -0.2) is 36.1 Å². The number of rotatable bonds is 1. The van der Waals surface area contributed by atoms with E-state index < -0.39 is 0 Å². The van der Waals surface area contributed by atoms with Crippen LogP contribution in [-0.2, 0) is 0 Å². The molecule has 4 atom stereocenters. The number of hydrogen-bond donors (Lipinski definition) is 1. The van der Waals surface area contributed by atoms with Crippen molar-refractivity contribution in [1.29, 1.82) is 0 Å². The fraction of sp³-hybridized carbons (Fsp3) is 1.00. The van der Waals surface area contributed by atoms with Gasteiger partial charge in [-0.3, -0.25) is 4.90 Å². The summed E-state index contributed by atoms with van der Waals surface area (Å²) < 4.78 is 0. The summed E-state index contributed by atoms with van der Waals surface area (Å²) in [5, 5.41) is 3.78. The van der Waals surface area contributed by atoms with Gasteiger partial charge in [-0.15, -0.1) is 0 Å². The van der Waals surface area contributed by atoms with Crippen molar-refractivity contribution < 1.29 is 0 Å². The largest absolute Gasteiger partial charge is 0.310 e. The minimum absolute atomic E-state index is 0.810. The number of fused-ring (bicyclic) bond motifs is 2. The van der Waals surface area contributed by atoms with Crippen molar-refractivity contribution in [3.8, 4) is 0 Å². The Morgan fingerprint density at radius 3 is 2.67 bits per heavy atom. The lowest BCUT2D eigenvalue weighted by Gasteiger charge is -2.32. The molecule has 2 aliphatic heterocycles. The Balaban J connectivity index is 1.66. The Bertz CT molecular complexity index is 229. The number of likely N-dealkylation sites (tertiary alicyclic amines) is 1.